The first kappa shape index (κ1) is 20.7. The van der Waals surface area contributed by atoms with E-state index in [9.17, 15) is 4.79 Å². The smallest absolute Gasteiger partial charge is 0.303 e. The normalized spacial score (nSPS) is 10.6. The maximum absolute atomic E-state index is 10.5. The second-order valence-corrected chi connectivity index (χ2v) is 6.62. The van der Waals surface area contributed by atoms with Gasteiger partial charge in [-0.15, -0.1) is 0 Å². The van der Waals surface area contributed by atoms with Gasteiger partial charge in [0, 0.05) is 19.2 Å². The Balaban J connectivity index is 1.69. The van der Waals surface area contributed by atoms with Crippen LogP contribution in [0.2, 0.25) is 0 Å². The molecule has 5 nitrogen and oxygen atoms in total. The van der Waals surface area contributed by atoms with Crippen LogP contribution in [0.15, 0.2) is 42.6 Å². The van der Waals surface area contributed by atoms with Crippen LogP contribution >= 0.6 is 0 Å². The number of anilines is 1. The highest BCUT2D eigenvalue weighted by molar-refractivity contribution is 5.66. The lowest BCUT2D eigenvalue weighted by Crippen LogP contribution is -2.13. The van der Waals surface area contributed by atoms with Crippen LogP contribution in [0.25, 0.3) is 0 Å². The predicted octanol–water partition coefficient (Wildman–Crippen LogP) is 4.71. The Morgan fingerprint density at radius 2 is 1.93 bits per heavy atom. The molecular formula is C22H30N2O3. The molecule has 0 aliphatic carbocycles. The summed E-state index contributed by atoms with van der Waals surface area (Å²) >= 11 is 0. The number of hydrogen-bond acceptors (Lipinski definition) is 4. The van der Waals surface area contributed by atoms with E-state index in [0.717, 1.165) is 55.8 Å². The zero-order valence-corrected chi connectivity index (χ0v) is 16.1. The molecule has 0 fully saturated rings. The van der Waals surface area contributed by atoms with Crippen LogP contribution in [0, 0.1) is 0 Å². The van der Waals surface area contributed by atoms with Crippen molar-refractivity contribution in [1.29, 1.82) is 0 Å². The number of ether oxygens (including phenoxy) is 1. The van der Waals surface area contributed by atoms with E-state index >= 15 is 0 Å². The third kappa shape index (κ3) is 8.11. The topological polar surface area (TPSA) is 71.5 Å². The van der Waals surface area contributed by atoms with Crippen LogP contribution in [-0.4, -0.2) is 29.2 Å². The van der Waals surface area contributed by atoms with Gasteiger partial charge in [-0.2, -0.15) is 0 Å². The van der Waals surface area contributed by atoms with E-state index in [1.165, 1.54) is 5.56 Å². The molecule has 27 heavy (non-hydrogen) atoms. The van der Waals surface area contributed by atoms with Crippen LogP contribution in [0.5, 0.6) is 5.75 Å². The minimum absolute atomic E-state index is 0.241. The molecule has 0 radical (unpaired) electrons. The number of benzene rings is 1. The van der Waals surface area contributed by atoms with Crippen LogP contribution < -0.4 is 10.1 Å². The summed E-state index contributed by atoms with van der Waals surface area (Å²) in [6, 6.07) is 12.1. The fourth-order valence-corrected chi connectivity index (χ4v) is 2.85. The summed E-state index contributed by atoms with van der Waals surface area (Å²) in [6.07, 6.45) is 7.89. The number of carbonyl (C=O) groups is 1. The first-order valence-corrected chi connectivity index (χ1v) is 9.80. The Morgan fingerprint density at radius 3 is 2.67 bits per heavy atom. The van der Waals surface area contributed by atoms with E-state index in [1.807, 2.05) is 36.5 Å². The molecule has 2 N–H and O–H groups in total. The Kier molecular flexibility index (Phi) is 9.18. The van der Waals surface area contributed by atoms with Crippen molar-refractivity contribution in [3.05, 3.63) is 53.9 Å². The third-order valence-corrected chi connectivity index (χ3v) is 4.37. The third-order valence-electron chi connectivity index (χ3n) is 4.37. The number of pyridine rings is 1. The lowest BCUT2D eigenvalue weighted by Gasteiger charge is -2.12. The van der Waals surface area contributed by atoms with Crippen LogP contribution in [0.1, 0.15) is 50.3 Å². The number of aromatic nitrogens is 1. The average molecular weight is 370 g/mol. The summed E-state index contributed by atoms with van der Waals surface area (Å²) < 4.78 is 5.80. The molecule has 0 amide bonds. The zero-order valence-electron chi connectivity index (χ0n) is 16.1. The van der Waals surface area contributed by atoms with Crippen molar-refractivity contribution >= 4 is 11.7 Å². The molecule has 146 valence electrons. The van der Waals surface area contributed by atoms with Gasteiger partial charge in [-0.3, -0.25) is 9.78 Å². The highest BCUT2D eigenvalue weighted by Crippen LogP contribution is 2.16. The molecule has 0 saturated heterocycles. The number of carboxylic acid groups (broad SMARTS) is 1. The van der Waals surface area contributed by atoms with Crippen LogP contribution in [0.4, 0.5) is 5.69 Å². The fraction of sp³-hybridized carbons (Fsp3) is 0.455. The number of nitrogens with one attached hydrogen (secondary N) is 1. The zero-order chi connectivity index (χ0) is 19.3. The predicted molar refractivity (Wildman–Crippen MR) is 108 cm³/mol. The molecule has 0 bridgehead atoms. The van der Waals surface area contributed by atoms with E-state index < -0.39 is 5.97 Å². The van der Waals surface area contributed by atoms with Gasteiger partial charge in [-0.05, 0) is 61.9 Å². The first-order chi connectivity index (χ1) is 13.2. The van der Waals surface area contributed by atoms with E-state index in [4.69, 9.17) is 9.84 Å². The molecule has 5 heteroatoms. The summed E-state index contributed by atoms with van der Waals surface area (Å²) in [5.74, 6) is 0.125. The summed E-state index contributed by atoms with van der Waals surface area (Å²) in [4.78, 5) is 15.0. The number of carboxylic acids is 1. The lowest BCUT2D eigenvalue weighted by atomic mass is 10.1. The average Bonchev–Trinajstić information content (AvgIpc) is 2.68. The van der Waals surface area contributed by atoms with Gasteiger partial charge >= 0.3 is 5.97 Å². The molecule has 0 atom stereocenters. The Morgan fingerprint density at radius 1 is 1.11 bits per heavy atom. The minimum Gasteiger partial charge on any atom is -0.492 e. The summed E-state index contributed by atoms with van der Waals surface area (Å²) in [5.41, 5.74) is 3.42. The summed E-state index contributed by atoms with van der Waals surface area (Å²) in [5, 5.41) is 12.1. The van der Waals surface area contributed by atoms with Gasteiger partial charge in [0.1, 0.15) is 12.4 Å². The van der Waals surface area contributed by atoms with Gasteiger partial charge in [0.05, 0.1) is 11.4 Å². The van der Waals surface area contributed by atoms with Gasteiger partial charge in [0.2, 0.25) is 0 Å². The maximum Gasteiger partial charge on any atom is 0.303 e. The fourth-order valence-electron chi connectivity index (χ4n) is 2.85. The van der Waals surface area contributed by atoms with Gasteiger partial charge in [0.25, 0.3) is 0 Å². The Bertz CT molecular complexity index is 686. The minimum atomic E-state index is -0.726. The molecule has 0 unspecified atom stereocenters. The van der Waals surface area contributed by atoms with Crippen molar-refractivity contribution in [2.75, 3.05) is 18.5 Å². The first-order valence-electron chi connectivity index (χ1n) is 9.80. The van der Waals surface area contributed by atoms with Gasteiger partial charge in [-0.1, -0.05) is 25.5 Å². The molecule has 0 spiro atoms. The quantitative estimate of drug-likeness (QED) is 0.500. The largest absolute Gasteiger partial charge is 0.492 e. The molecule has 2 aromatic rings. The SMILES string of the molecule is CCCCc1ncccc1NCCOc1ccc(CCCCC(=O)O)cc1. The number of hydrogen-bond donors (Lipinski definition) is 2. The maximum atomic E-state index is 10.5. The molecule has 1 aromatic carbocycles. The van der Waals surface area contributed by atoms with E-state index in [1.54, 1.807) is 0 Å². The molecule has 1 aromatic heterocycles. The molecule has 0 aliphatic rings. The Labute approximate surface area is 161 Å². The van der Waals surface area contributed by atoms with Gasteiger partial charge in [0.15, 0.2) is 0 Å². The number of nitrogens with zero attached hydrogens (tertiary/aromatic N) is 1. The van der Waals surface area contributed by atoms with Gasteiger partial charge < -0.3 is 15.2 Å². The highest BCUT2D eigenvalue weighted by atomic mass is 16.5. The number of aliphatic carboxylic acids is 1. The van der Waals surface area contributed by atoms with Crippen molar-refractivity contribution in [1.82, 2.24) is 4.98 Å². The lowest BCUT2D eigenvalue weighted by molar-refractivity contribution is -0.137. The number of rotatable bonds is 13. The monoisotopic (exact) mass is 370 g/mol. The van der Waals surface area contributed by atoms with E-state index in [2.05, 4.69) is 23.3 Å². The highest BCUT2D eigenvalue weighted by Gasteiger charge is 2.03. The van der Waals surface area contributed by atoms with Crippen molar-refractivity contribution in [3.63, 3.8) is 0 Å². The summed E-state index contributed by atoms with van der Waals surface area (Å²) in [7, 11) is 0. The second kappa shape index (κ2) is 11.9. The molecule has 2 rings (SSSR count). The Hall–Kier alpha value is -2.56. The van der Waals surface area contributed by atoms with Crippen molar-refractivity contribution in [2.24, 2.45) is 0 Å². The van der Waals surface area contributed by atoms with Crippen molar-refractivity contribution < 1.29 is 14.6 Å². The summed E-state index contributed by atoms with van der Waals surface area (Å²) in [6.45, 7) is 3.49. The number of unbranched alkanes of at least 4 members (excludes halogenated alkanes) is 2. The second-order valence-electron chi connectivity index (χ2n) is 6.62. The molecule has 0 aliphatic heterocycles. The van der Waals surface area contributed by atoms with E-state index in [0.29, 0.717) is 13.0 Å². The standard InChI is InChI=1S/C22H30N2O3/c1-2-3-8-20-21(9-6-15-23-20)24-16-17-27-19-13-11-18(12-14-19)7-4-5-10-22(25)26/h6,9,11-15,24H,2-5,7-8,10,16-17H2,1H3,(H,25,26). The molecule has 0 saturated carbocycles. The van der Waals surface area contributed by atoms with Crippen LogP contribution in [-0.2, 0) is 17.6 Å². The van der Waals surface area contributed by atoms with Gasteiger partial charge in [-0.25, -0.2) is 0 Å². The van der Waals surface area contributed by atoms with E-state index in [-0.39, 0.29) is 6.42 Å². The van der Waals surface area contributed by atoms with Crippen LogP contribution in [0.3, 0.4) is 0 Å². The molecule has 1 heterocycles. The molecular weight excluding hydrogens is 340 g/mol. The number of aryl methyl sites for hydroxylation is 2. The van der Waals surface area contributed by atoms with Crippen molar-refractivity contribution in [2.45, 2.75) is 51.9 Å². The van der Waals surface area contributed by atoms with Crippen molar-refractivity contribution in [3.8, 4) is 5.75 Å².